The molecule has 35 heavy (non-hydrogen) atoms. The smallest absolute Gasteiger partial charge is 0.231 e. The first-order valence-corrected chi connectivity index (χ1v) is 13.2. The zero-order valence-electron chi connectivity index (χ0n) is 22.2. The molecule has 6 nitrogen and oxygen atoms in total. The van der Waals surface area contributed by atoms with Crippen molar-refractivity contribution < 1.29 is 29.6 Å². The van der Waals surface area contributed by atoms with Gasteiger partial charge in [-0.1, -0.05) is 46.3 Å². The third-order valence-electron chi connectivity index (χ3n) is 8.66. The number of hydrogen-bond donors (Lipinski definition) is 3. The van der Waals surface area contributed by atoms with Crippen LogP contribution in [0.3, 0.4) is 0 Å². The van der Waals surface area contributed by atoms with E-state index < -0.39 is 23.8 Å². The highest BCUT2D eigenvalue weighted by molar-refractivity contribution is 6.10. The van der Waals surface area contributed by atoms with Crippen molar-refractivity contribution in [3.05, 3.63) is 46.0 Å². The molecule has 0 radical (unpaired) electrons. The van der Waals surface area contributed by atoms with E-state index >= 15 is 0 Å². The molecule has 4 aliphatic rings. The average Bonchev–Trinajstić information content (AvgIpc) is 3.14. The second kappa shape index (κ2) is 9.53. The number of aliphatic hydroxyl groups excluding tert-OH is 2. The second-order valence-corrected chi connectivity index (χ2v) is 11.8. The van der Waals surface area contributed by atoms with Gasteiger partial charge in [0.2, 0.25) is 11.6 Å². The molecule has 0 spiro atoms. The van der Waals surface area contributed by atoms with Gasteiger partial charge >= 0.3 is 0 Å². The fourth-order valence-corrected chi connectivity index (χ4v) is 6.51. The Labute approximate surface area is 209 Å². The quantitative estimate of drug-likeness (QED) is 0.411. The van der Waals surface area contributed by atoms with Crippen molar-refractivity contribution in [1.82, 2.24) is 0 Å². The Morgan fingerprint density at radius 3 is 2.43 bits per heavy atom. The van der Waals surface area contributed by atoms with Crippen molar-refractivity contribution in [3.63, 3.8) is 0 Å². The predicted molar refractivity (Wildman–Crippen MR) is 134 cm³/mol. The van der Waals surface area contributed by atoms with Gasteiger partial charge in [0.15, 0.2) is 5.76 Å². The van der Waals surface area contributed by atoms with Gasteiger partial charge in [-0.15, -0.1) is 0 Å². The summed E-state index contributed by atoms with van der Waals surface area (Å²) in [6, 6.07) is 0. The first-order valence-electron chi connectivity index (χ1n) is 13.2. The number of hydrogen-bond acceptors (Lipinski definition) is 6. The molecule has 3 N–H and O–H groups in total. The summed E-state index contributed by atoms with van der Waals surface area (Å²) in [6.07, 6.45) is 5.76. The lowest BCUT2D eigenvalue weighted by Crippen LogP contribution is -2.50. The van der Waals surface area contributed by atoms with Crippen LogP contribution in [0.15, 0.2) is 46.0 Å². The lowest BCUT2D eigenvalue weighted by atomic mass is 9.75. The Bertz CT molecular complexity index is 1000. The third kappa shape index (κ3) is 4.65. The molecular weight excluding hydrogens is 444 g/mol. The van der Waals surface area contributed by atoms with Crippen molar-refractivity contribution in [2.75, 3.05) is 0 Å². The summed E-state index contributed by atoms with van der Waals surface area (Å²) in [6.45, 7) is 14.0. The summed E-state index contributed by atoms with van der Waals surface area (Å²) in [5.74, 6) is -2.16. The number of ketones is 1. The van der Waals surface area contributed by atoms with E-state index in [0.717, 1.165) is 25.7 Å². The van der Waals surface area contributed by atoms with E-state index in [1.165, 1.54) is 5.57 Å². The number of fused-ring (bicyclic) bond motifs is 4. The maximum Gasteiger partial charge on any atom is 0.231 e. The Balaban J connectivity index is 1.83. The molecule has 1 saturated heterocycles. The van der Waals surface area contributed by atoms with Gasteiger partial charge in [0.1, 0.15) is 5.76 Å². The molecule has 194 valence electrons. The summed E-state index contributed by atoms with van der Waals surface area (Å²) < 4.78 is 12.7. The average molecular weight is 487 g/mol. The number of carbonyl (C=O) groups is 1. The molecule has 0 aromatic heterocycles. The summed E-state index contributed by atoms with van der Waals surface area (Å²) in [4.78, 5) is 13.0. The molecule has 4 rings (SSSR count). The number of Topliss-reactive ketones (excluding diaryl/α,β-unsaturated/α-hetero) is 1. The normalized spacial score (nSPS) is 44.5. The van der Waals surface area contributed by atoms with Gasteiger partial charge in [-0.05, 0) is 57.4 Å². The van der Waals surface area contributed by atoms with Crippen molar-refractivity contribution >= 4 is 5.78 Å². The molecule has 0 aromatic rings. The van der Waals surface area contributed by atoms with Gasteiger partial charge in [-0.25, -0.2) is 0 Å². The molecule has 0 saturated carbocycles. The number of aliphatic hydroxyl groups is 3. The Morgan fingerprint density at radius 1 is 1.06 bits per heavy atom. The van der Waals surface area contributed by atoms with E-state index in [9.17, 15) is 20.1 Å². The van der Waals surface area contributed by atoms with E-state index in [4.69, 9.17) is 9.47 Å². The Hall–Kier alpha value is -1.89. The number of allylic oxidation sites excluding steroid dienone is 4. The van der Waals surface area contributed by atoms with Crippen LogP contribution in [0.2, 0.25) is 0 Å². The minimum Gasteiger partial charge on any atom is -0.504 e. The topological polar surface area (TPSA) is 96.2 Å². The number of rotatable bonds is 0. The van der Waals surface area contributed by atoms with E-state index in [0.29, 0.717) is 28.7 Å². The molecular formula is C29H42O6. The lowest BCUT2D eigenvalue weighted by Gasteiger charge is -2.44. The molecule has 1 aliphatic carbocycles. The van der Waals surface area contributed by atoms with Gasteiger partial charge in [0, 0.05) is 34.5 Å². The van der Waals surface area contributed by atoms with Crippen LogP contribution in [0, 0.1) is 29.6 Å². The highest BCUT2D eigenvalue weighted by atomic mass is 16.6. The summed E-state index contributed by atoms with van der Waals surface area (Å²) in [5, 5.41) is 33.8. The monoisotopic (exact) mass is 486 g/mol. The summed E-state index contributed by atoms with van der Waals surface area (Å²) in [7, 11) is 0. The standard InChI is InChI=1S/C29H42O6/c1-14-8-9-22-18(5)24(30)19(6)28(34-22)23-21-13-29(33,17(4)12-16(3)11-15(2)10-14)35-27(21)20(7)25(31)26(23)32/h10,13-14,16-19,22,24,28,30,32-33H,8-9,11-12H2,1-7H3/b15-10+. The maximum atomic E-state index is 13.0. The fourth-order valence-electron chi connectivity index (χ4n) is 6.51. The predicted octanol–water partition coefficient (Wildman–Crippen LogP) is 5.13. The van der Waals surface area contributed by atoms with Crippen molar-refractivity contribution in [3.8, 4) is 0 Å². The molecule has 9 unspecified atom stereocenters. The Morgan fingerprint density at radius 2 is 1.74 bits per heavy atom. The minimum absolute atomic E-state index is 0.0815. The van der Waals surface area contributed by atoms with Gasteiger partial charge in [0.05, 0.1) is 18.3 Å². The Kier molecular flexibility index (Phi) is 7.13. The van der Waals surface area contributed by atoms with Gasteiger partial charge in [0.25, 0.3) is 0 Å². The van der Waals surface area contributed by atoms with Crippen LogP contribution in [-0.4, -0.2) is 45.2 Å². The number of carbonyl (C=O) groups excluding carboxylic acids is 1. The van der Waals surface area contributed by atoms with Crippen molar-refractivity contribution in [1.29, 1.82) is 0 Å². The molecule has 3 heterocycles. The maximum absolute atomic E-state index is 13.0. The van der Waals surface area contributed by atoms with Crippen LogP contribution in [0.5, 0.6) is 0 Å². The summed E-state index contributed by atoms with van der Waals surface area (Å²) >= 11 is 0. The molecule has 3 aliphatic heterocycles. The van der Waals surface area contributed by atoms with Crippen LogP contribution in [0.4, 0.5) is 0 Å². The molecule has 6 heteroatoms. The molecule has 0 aromatic carbocycles. The van der Waals surface area contributed by atoms with Gasteiger partial charge < -0.3 is 24.8 Å². The third-order valence-corrected chi connectivity index (χ3v) is 8.66. The van der Waals surface area contributed by atoms with E-state index in [1.807, 2.05) is 20.8 Å². The largest absolute Gasteiger partial charge is 0.504 e. The van der Waals surface area contributed by atoms with Crippen molar-refractivity contribution in [2.24, 2.45) is 29.6 Å². The van der Waals surface area contributed by atoms with E-state index in [2.05, 4.69) is 26.8 Å². The molecule has 0 amide bonds. The highest BCUT2D eigenvalue weighted by Gasteiger charge is 2.51. The van der Waals surface area contributed by atoms with E-state index in [1.54, 1.807) is 13.0 Å². The van der Waals surface area contributed by atoms with Crippen LogP contribution >= 0.6 is 0 Å². The van der Waals surface area contributed by atoms with Crippen molar-refractivity contribution in [2.45, 2.75) is 98.2 Å². The second-order valence-electron chi connectivity index (χ2n) is 11.8. The molecule has 4 bridgehead atoms. The first-order chi connectivity index (χ1) is 16.3. The zero-order chi connectivity index (χ0) is 25.8. The first kappa shape index (κ1) is 26.2. The van der Waals surface area contributed by atoms with Crippen LogP contribution in [0.25, 0.3) is 0 Å². The highest BCUT2D eigenvalue weighted by Crippen LogP contribution is 2.49. The van der Waals surface area contributed by atoms with Crippen LogP contribution in [0.1, 0.15) is 74.1 Å². The van der Waals surface area contributed by atoms with Gasteiger partial charge in [-0.2, -0.15) is 0 Å². The van der Waals surface area contributed by atoms with Crippen LogP contribution in [-0.2, 0) is 14.3 Å². The number of ether oxygens (including phenoxy) is 2. The van der Waals surface area contributed by atoms with Crippen LogP contribution < -0.4 is 0 Å². The SMILES string of the molecule is CC1=C2OC3(O)C=C2C(=C(O)C1=O)C1OC(CCC(C)/C=C(\C)CC(C)CC3C)C(C)C(O)C1C. The summed E-state index contributed by atoms with van der Waals surface area (Å²) in [5.41, 5.74) is 2.44. The lowest BCUT2D eigenvalue weighted by molar-refractivity contribution is -0.164. The zero-order valence-corrected chi connectivity index (χ0v) is 22.2. The molecule has 1 fully saturated rings. The van der Waals surface area contributed by atoms with Gasteiger partial charge in [-0.3, -0.25) is 4.79 Å². The minimum atomic E-state index is -1.60. The fraction of sp³-hybridized carbons (Fsp3) is 0.690. The molecule has 9 atom stereocenters. The van der Waals surface area contributed by atoms with E-state index in [-0.39, 0.29) is 35.2 Å².